The van der Waals surface area contributed by atoms with E-state index in [1.54, 1.807) is 6.26 Å². The Morgan fingerprint density at radius 3 is 1.89 bits per heavy atom. The van der Waals surface area contributed by atoms with E-state index in [-0.39, 0.29) is 0 Å². The van der Waals surface area contributed by atoms with Crippen LogP contribution in [0.5, 0.6) is 0 Å². The molecule has 0 N–H and O–H groups in total. The molecule has 1 rings (SSSR count). The molecule has 2 nitrogen and oxygen atoms in total. The van der Waals surface area contributed by atoms with Crippen LogP contribution in [0.2, 0.25) is 16.6 Å². The first-order valence-corrected chi connectivity index (χ1v) is 9.13. The molecule has 0 saturated carbocycles. The van der Waals surface area contributed by atoms with Gasteiger partial charge in [0.1, 0.15) is 5.76 Å². The molecule has 0 aliphatic rings. The summed E-state index contributed by atoms with van der Waals surface area (Å²) in [7, 11) is -1.75. The van der Waals surface area contributed by atoms with Crippen LogP contribution < -0.4 is 0 Å². The first kappa shape index (κ1) is 15.5. The third-order valence-electron chi connectivity index (χ3n) is 4.15. The summed E-state index contributed by atoms with van der Waals surface area (Å²) < 4.78 is 11.9. The van der Waals surface area contributed by atoms with Crippen LogP contribution in [0.4, 0.5) is 0 Å². The molecule has 0 fully saturated rings. The van der Waals surface area contributed by atoms with Crippen molar-refractivity contribution in [3.63, 3.8) is 0 Å². The van der Waals surface area contributed by atoms with E-state index < -0.39 is 8.32 Å². The van der Waals surface area contributed by atoms with Crippen molar-refractivity contribution < 1.29 is 8.84 Å². The normalized spacial score (nSPS) is 13.0. The predicted molar refractivity (Wildman–Crippen MR) is 79.3 cm³/mol. The van der Waals surface area contributed by atoms with Crippen molar-refractivity contribution in [1.29, 1.82) is 0 Å². The monoisotopic (exact) mass is 268 g/mol. The van der Waals surface area contributed by atoms with Gasteiger partial charge in [-0.05, 0) is 29.6 Å². The summed E-state index contributed by atoms with van der Waals surface area (Å²) in [6, 6.07) is 2.02. The van der Waals surface area contributed by atoms with Crippen molar-refractivity contribution in [2.75, 3.05) is 0 Å². The minimum absolute atomic E-state index is 0.629. The Morgan fingerprint density at radius 1 is 1.06 bits per heavy atom. The van der Waals surface area contributed by atoms with Gasteiger partial charge in [0, 0.05) is 5.56 Å². The van der Waals surface area contributed by atoms with Crippen molar-refractivity contribution >= 4 is 8.32 Å². The van der Waals surface area contributed by atoms with Crippen LogP contribution >= 0.6 is 0 Å². The highest BCUT2D eigenvalue weighted by Crippen LogP contribution is 2.42. The van der Waals surface area contributed by atoms with E-state index in [0.717, 1.165) is 5.76 Å². The molecule has 0 unspecified atom stereocenters. The summed E-state index contributed by atoms with van der Waals surface area (Å²) >= 11 is 0. The van der Waals surface area contributed by atoms with Gasteiger partial charge in [-0.3, -0.25) is 0 Å². The van der Waals surface area contributed by atoms with Gasteiger partial charge < -0.3 is 8.84 Å². The molecule has 0 spiro atoms. The number of rotatable bonds is 6. The molecular weight excluding hydrogens is 240 g/mol. The Labute approximate surface area is 113 Å². The zero-order valence-electron chi connectivity index (χ0n) is 12.9. The Hall–Kier alpha value is -0.543. The van der Waals surface area contributed by atoms with Gasteiger partial charge in [-0.1, -0.05) is 41.5 Å². The minimum Gasteiger partial charge on any atom is -0.469 e. The van der Waals surface area contributed by atoms with Crippen molar-refractivity contribution in [3.05, 3.63) is 23.7 Å². The van der Waals surface area contributed by atoms with Gasteiger partial charge in [-0.2, -0.15) is 0 Å². The zero-order chi connectivity index (χ0) is 13.9. The van der Waals surface area contributed by atoms with E-state index in [2.05, 4.69) is 41.5 Å². The summed E-state index contributed by atoms with van der Waals surface area (Å²) in [6.45, 7) is 16.6. The number of furan rings is 1. The summed E-state index contributed by atoms with van der Waals surface area (Å²) in [5.41, 5.74) is 3.08. The zero-order valence-corrected chi connectivity index (χ0v) is 13.9. The van der Waals surface area contributed by atoms with Gasteiger partial charge in [0.2, 0.25) is 8.32 Å². The summed E-state index contributed by atoms with van der Waals surface area (Å²) in [6.07, 6.45) is 1.75. The van der Waals surface area contributed by atoms with Gasteiger partial charge in [-0.25, -0.2) is 0 Å². The lowest BCUT2D eigenvalue weighted by molar-refractivity contribution is 0.263. The molecule has 0 radical (unpaired) electrons. The molecule has 0 bridgehead atoms. The van der Waals surface area contributed by atoms with Crippen LogP contribution in [0.15, 0.2) is 16.7 Å². The van der Waals surface area contributed by atoms with Gasteiger partial charge in [0.05, 0.1) is 12.9 Å². The molecule has 3 heteroatoms. The molecule has 0 aromatic carbocycles. The van der Waals surface area contributed by atoms with Crippen molar-refractivity contribution in [2.45, 2.75) is 71.7 Å². The largest absolute Gasteiger partial charge is 0.469 e. The van der Waals surface area contributed by atoms with Crippen molar-refractivity contribution in [1.82, 2.24) is 0 Å². The fourth-order valence-electron chi connectivity index (χ4n) is 3.26. The highest BCUT2D eigenvalue weighted by molar-refractivity contribution is 6.77. The van der Waals surface area contributed by atoms with E-state index in [0.29, 0.717) is 23.2 Å². The van der Waals surface area contributed by atoms with E-state index >= 15 is 0 Å². The topological polar surface area (TPSA) is 22.4 Å². The van der Waals surface area contributed by atoms with Gasteiger partial charge in [0.15, 0.2) is 0 Å². The first-order chi connectivity index (χ1) is 8.32. The SMILES string of the molecule is Cc1occc1CO[Si](C(C)C)(C(C)C)C(C)C. The van der Waals surface area contributed by atoms with Gasteiger partial charge in [0.25, 0.3) is 0 Å². The van der Waals surface area contributed by atoms with E-state index in [9.17, 15) is 0 Å². The number of hydrogen-bond donors (Lipinski definition) is 0. The highest BCUT2D eigenvalue weighted by Gasteiger charge is 2.45. The van der Waals surface area contributed by atoms with Crippen molar-refractivity contribution in [2.24, 2.45) is 0 Å². The smallest absolute Gasteiger partial charge is 0.200 e. The summed E-state index contributed by atoms with van der Waals surface area (Å²) in [5.74, 6) is 0.981. The highest BCUT2D eigenvalue weighted by atomic mass is 28.4. The minimum atomic E-state index is -1.75. The van der Waals surface area contributed by atoms with Crippen LogP contribution in [0.1, 0.15) is 52.9 Å². The summed E-state index contributed by atoms with van der Waals surface area (Å²) in [4.78, 5) is 0. The molecule has 0 aliphatic carbocycles. The maximum atomic E-state index is 6.52. The quantitative estimate of drug-likeness (QED) is 0.655. The molecule has 104 valence electrons. The molecule has 1 heterocycles. The second-order valence-corrected chi connectivity index (χ2v) is 11.6. The third-order valence-corrected chi connectivity index (χ3v) is 10.2. The third kappa shape index (κ3) is 2.89. The van der Waals surface area contributed by atoms with Crippen molar-refractivity contribution in [3.8, 4) is 0 Å². The Bertz CT molecular complexity index is 345. The fourth-order valence-corrected chi connectivity index (χ4v) is 8.67. The Kier molecular flexibility index (Phi) is 5.23. The summed E-state index contributed by atoms with van der Waals surface area (Å²) in [5, 5.41) is 0. The number of aryl methyl sites for hydroxylation is 1. The molecule has 1 aromatic rings. The second-order valence-electron chi connectivity index (χ2n) is 6.11. The van der Waals surface area contributed by atoms with Crippen LogP contribution in [-0.2, 0) is 11.0 Å². The van der Waals surface area contributed by atoms with E-state index in [4.69, 9.17) is 8.84 Å². The van der Waals surface area contributed by atoms with Crippen LogP contribution in [-0.4, -0.2) is 8.32 Å². The maximum Gasteiger partial charge on any atom is 0.200 e. The predicted octanol–water partition coefficient (Wildman–Crippen LogP) is 5.28. The molecule has 0 amide bonds. The standard InChI is InChI=1S/C15H28O2Si/c1-11(2)18(12(3)4,13(5)6)17-10-15-8-9-16-14(15)7/h8-9,11-13H,10H2,1-7H3. The average molecular weight is 268 g/mol. The lowest BCUT2D eigenvalue weighted by Gasteiger charge is -2.42. The molecule has 18 heavy (non-hydrogen) atoms. The maximum absolute atomic E-state index is 6.52. The molecule has 1 aromatic heterocycles. The molecule has 0 atom stereocenters. The molecule has 0 saturated heterocycles. The lowest BCUT2D eigenvalue weighted by Crippen LogP contribution is -2.47. The van der Waals surface area contributed by atoms with E-state index in [1.165, 1.54) is 5.56 Å². The van der Waals surface area contributed by atoms with E-state index in [1.807, 2.05) is 13.0 Å². The second kappa shape index (κ2) is 6.07. The molecule has 0 aliphatic heterocycles. The van der Waals surface area contributed by atoms with Crippen LogP contribution in [0.3, 0.4) is 0 Å². The van der Waals surface area contributed by atoms with Gasteiger partial charge in [-0.15, -0.1) is 0 Å². The lowest BCUT2D eigenvalue weighted by atomic mass is 10.3. The van der Waals surface area contributed by atoms with Crippen LogP contribution in [0.25, 0.3) is 0 Å². The Morgan fingerprint density at radius 2 is 1.56 bits per heavy atom. The molecular formula is C15H28O2Si. The Balaban J connectivity index is 2.89. The van der Waals surface area contributed by atoms with Crippen LogP contribution in [0, 0.1) is 6.92 Å². The van der Waals surface area contributed by atoms with Gasteiger partial charge >= 0.3 is 0 Å². The first-order valence-electron chi connectivity index (χ1n) is 6.99. The number of hydrogen-bond acceptors (Lipinski definition) is 2. The average Bonchev–Trinajstić information content (AvgIpc) is 2.63. The fraction of sp³-hybridized carbons (Fsp3) is 0.733.